The van der Waals surface area contributed by atoms with E-state index in [9.17, 15) is 0 Å². The Kier molecular flexibility index (Phi) is 3.62. The molecule has 0 saturated carbocycles. The number of para-hydroxylation sites is 1. The quantitative estimate of drug-likeness (QED) is 0.794. The van der Waals surface area contributed by atoms with Crippen LogP contribution in [0.4, 0.5) is 5.00 Å². The third kappa shape index (κ3) is 2.62. The first-order valence-electron chi connectivity index (χ1n) is 6.61. The Balaban J connectivity index is 2.01. The van der Waals surface area contributed by atoms with Crippen molar-refractivity contribution < 1.29 is 9.26 Å². The fourth-order valence-corrected chi connectivity index (χ4v) is 2.85. The molecule has 0 amide bonds. The van der Waals surface area contributed by atoms with Gasteiger partial charge in [0.2, 0.25) is 5.82 Å². The van der Waals surface area contributed by atoms with Gasteiger partial charge in [-0.2, -0.15) is 4.98 Å². The summed E-state index contributed by atoms with van der Waals surface area (Å²) >= 11 is 1.51. The summed E-state index contributed by atoms with van der Waals surface area (Å²) in [5, 5.41) is 4.72. The molecule has 21 heavy (non-hydrogen) atoms. The summed E-state index contributed by atoms with van der Waals surface area (Å²) in [6.07, 6.45) is 0. The molecule has 3 rings (SSSR count). The van der Waals surface area contributed by atoms with E-state index in [1.165, 1.54) is 11.3 Å². The van der Waals surface area contributed by atoms with E-state index in [1.807, 2.05) is 44.2 Å². The van der Waals surface area contributed by atoms with Gasteiger partial charge in [-0.1, -0.05) is 17.3 Å². The molecule has 2 heterocycles. The number of hydrogen-bond donors (Lipinski definition) is 1. The fourth-order valence-electron chi connectivity index (χ4n) is 2.07. The number of nitrogens with zero attached hydrogens (tertiary/aromatic N) is 2. The number of anilines is 1. The number of rotatable bonds is 4. The molecule has 0 unspecified atom stereocenters. The van der Waals surface area contributed by atoms with Crippen molar-refractivity contribution in [2.75, 3.05) is 12.3 Å². The number of aromatic nitrogens is 2. The third-order valence-electron chi connectivity index (χ3n) is 2.97. The van der Waals surface area contributed by atoms with E-state index in [-0.39, 0.29) is 0 Å². The molecule has 0 spiro atoms. The molecular formula is C15H15N3O2S. The molecule has 2 aromatic heterocycles. The van der Waals surface area contributed by atoms with Crippen molar-refractivity contribution in [2.24, 2.45) is 0 Å². The van der Waals surface area contributed by atoms with Crippen LogP contribution in [0.15, 0.2) is 34.9 Å². The van der Waals surface area contributed by atoms with E-state index in [2.05, 4.69) is 10.1 Å². The molecule has 5 nitrogen and oxygen atoms in total. The number of benzene rings is 1. The van der Waals surface area contributed by atoms with Crippen molar-refractivity contribution in [3.8, 4) is 28.6 Å². The highest BCUT2D eigenvalue weighted by atomic mass is 32.1. The molecule has 3 aromatic rings. The number of aryl methyl sites for hydroxylation is 1. The Morgan fingerprint density at radius 1 is 1.29 bits per heavy atom. The minimum atomic E-state index is 0.429. The predicted molar refractivity (Wildman–Crippen MR) is 83.4 cm³/mol. The zero-order valence-corrected chi connectivity index (χ0v) is 12.6. The Morgan fingerprint density at radius 3 is 2.81 bits per heavy atom. The second-order valence-corrected chi connectivity index (χ2v) is 5.78. The molecule has 0 aliphatic heterocycles. The Morgan fingerprint density at radius 2 is 2.10 bits per heavy atom. The summed E-state index contributed by atoms with van der Waals surface area (Å²) in [7, 11) is 0. The van der Waals surface area contributed by atoms with Gasteiger partial charge < -0.3 is 15.0 Å². The first-order valence-corrected chi connectivity index (χ1v) is 7.43. The van der Waals surface area contributed by atoms with Gasteiger partial charge in [0.05, 0.1) is 22.7 Å². The smallest absolute Gasteiger partial charge is 0.261 e. The maximum absolute atomic E-state index is 5.97. The van der Waals surface area contributed by atoms with Crippen LogP contribution < -0.4 is 10.5 Å². The lowest BCUT2D eigenvalue weighted by Gasteiger charge is -2.05. The topological polar surface area (TPSA) is 74.2 Å². The molecule has 6 heteroatoms. The number of hydrogen-bond acceptors (Lipinski definition) is 6. The monoisotopic (exact) mass is 301 g/mol. The summed E-state index contributed by atoms with van der Waals surface area (Å²) < 4.78 is 10.9. The standard InChI is InChI=1S/C15H15N3O2S/c1-3-19-12-7-5-4-6-10(12)14-17-15(20-18-14)11-8-9(2)21-13(11)16/h4-8H,3,16H2,1-2H3. The molecule has 0 aliphatic carbocycles. The van der Waals surface area contributed by atoms with Crippen LogP contribution in [0.3, 0.4) is 0 Å². The minimum absolute atomic E-state index is 0.429. The van der Waals surface area contributed by atoms with Gasteiger partial charge in [-0.3, -0.25) is 0 Å². The first-order chi connectivity index (χ1) is 10.2. The normalized spacial score (nSPS) is 10.8. The highest BCUT2D eigenvalue weighted by Gasteiger charge is 2.17. The Bertz CT molecular complexity index is 764. The van der Waals surface area contributed by atoms with Gasteiger partial charge in [0.15, 0.2) is 0 Å². The predicted octanol–water partition coefficient (Wildman–Crippen LogP) is 3.75. The van der Waals surface area contributed by atoms with Crippen molar-refractivity contribution in [2.45, 2.75) is 13.8 Å². The molecule has 0 atom stereocenters. The van der Waals surface area contributed by atoms with E-state index in [0.29, 0.717) is 23.3 Å². The lowest BCUT2D eigenvalue weighted by atomic mass is 10.2. The molecular weight excluding hydrogens is 286 g/mol. The van der Waals surface area contributed by atoms with Gasteiger partial charge in [-0.15, -0.1) is 11.3 Å². The second-order valence-electron chi connectivity index (χ2n) is 4.49. The molecule has 1 aromatic carbocycles. The number of thiophene rings is 1. The van der Waals surface area contributed by atoms with Crippen LogP contribution >= 0.6 is 11.3 Å². The molecule has 2 N–H and O–H groups in total. The average Bonchev–Trinajstić information content (AvgIpc) is 3.06. The van der Waals surface area contributed by atoms with E-state index < -0.39 is 0 Å². The van der Waals surface area contributed by atoms with Gasteiger partial charge >= 0.3 is 0 Å². The van der Waals surface area contributed by atoms with Crippen LogP contribution in [0.2, 0.25) is 0 Å². The maximum Gasteiger partial charge on any atom is 0.261 e. The van der Waals surface area contributed by atoms with Crippen LogP contribution in [0.5, 0.6) is 5.75 Å². The van der Waals surface area contributed by atoms with Gasteiger partial charge in [-0.05, 0) is 32.0 Å². The number of nitrogen functional groups attached to an aromatic ring is 1. The van der Waals surface area contributed by atoms with Crippen molar-refractivity contribution in [3.63, 3.8) is 0 Å². The zero-order chi connectivity index (χ0) is 14.8. The third-order valence-corrected chi connectivity index (χ3v) is 3.85. The molecule has 0 aliphatic rings. The largest absolute Gasteiger partial charge is 0.493 e. The van der Waals surface area contributed by atoms with Gasteiger partial charge in [0.25, 0.3) is 5.89 Å². The Labute approximate surface area is 126 Å². The van der Waals surface area contributed by atoms with E-state index in [4.69, 9.17) is 15.0 Å². The van der Waals surface area contributed by atoms with Crippen molar-refractivity contribution in [1.82, 2.24) is 10.1 Å². The molecule has 0 saturated heterocycles. The second kappa shape index (κ2) is 5.57. The summed E-state index contributed by atoms with van der Waals surface area (Å²) in [6, 6.07) is 9.57. The van der Waals surface area contributed by atoms with E-state index in [1.54, 1.807) is 0 Å². The van der Waals surface area contributed by atoms with Crippen LogP contribution in [-0.2, 0) is 0 Å². The summed E-state index contributed by atoms with van der Waals surface area (Å²) in [5.41, 5.74) is 7.55. The Hall–Kier alpha value is -2.34. The van der Waals surface area contributed by atoms with Gasteiger partial charge in [-0.25, -0.2) is 0 Å². The summed E-state index contributed by atoms with van der Waals surface area (Å²) in [6.45, 7) is 4.51. The van der Waals surface area contributed by atoms with Crippen LogP contribution in [0.1, 0.15) is 11.8 Å². The maximum atomic E-state index is 5.97. The molecule has 0 fully saturated rings. The lowest BCUT2D eigenvalue weighted by Crippen LogP contribution is -1.94. The lowest BCUT2D eigenvalue weighted by molar-refractivity contribution is 0.341. The first kappa shape index (κ1) is 13.6. The van der Waals surface area contributed by atoms with Crippen molar-refractivity contribution in [3.05, 3.63) is 35.2 Å². The average molecular weight is 301 g/mol. The van der Waals surface area contributed by atoms with E-state index in [0.717, 1.165) is 21.8 Å². The SMILES string of the molecule is CCOc1ccccc1-c1noc(-c2cc(C)sc2N)n1. The summed E-state index contributed by atoms with van der Waals surface area (Å²) in [4.78, 5) is 5.55. The highest BCUT2D eigenvalue weighted by Crippen LogP contribution is 2.34. The van der Waals surface area contributed by atoms with E-state index >= 15 is 0 Å². The van der Waals surface area contributed by atoms with Crippen LogP contribution in [0.25, 0.3) is 22.8 Å². The van der Waals surface area contributed by atoms with Crippen molar-refractivity contribution in [1.29, 1.82) is 0 Å². The highest BCUT2D eigenvalue weighted by molar-refractivity contribution is 7.16. The molecule has 0 radical (unpaired) electrons. The number of ether oxygens (including phenoxy) is 1. The van der Waals surface area contributed by atoms with Crippen molar-refractivity contribution >= 4 is 16.3 Å². The zero-order valence-electron chi connectivity index (χ0n) is 11.8. The van der Waals surface area contributed by atoms with Gasteiger partial charge in [0, 0.05) is 4.88 Å². The fraction of sp³-hybridized carbons (Fsp3) is 0.200. The van der Waals surface area contributed by atoms with Crippen LogP contribution in [0, 0.1) is 6.92 Å². The summed E-state index contributed by atoms with van der Waals surface area (Å²) in [5.74, 6) is 1.66. The molecule has 0 bridgehead atoms. The minimum Gasteiger partial charge on any atom is -0.493 e. The van der Waals surface area contributed by atoms with Crippen LogP contribution in [-0.4, -0.2) is 16.7 Å². The number of nitrogens with two attached hydrogens (primary N) is 1. The molecule has 108 valence electrons. The van der Waals surface area contributed by atoms with Gasteiger partial charge in [0.1, 0.15) is 5.75 Å².